The Bertz CT molecular complexity index is 560. The highest BCUT2D eigenvalue weighted by Crippen LogP contribution is 2.28. The molecule has 0 saturated carbocycles. The van der Waals surface area contributed by atoms with Crippen molar-refractivity contribution in [3.05, 3.63) is 34.7 Å². The summed E-state index contributed by atoms with van der Waals surface area (Å²) < 4.78 is 18.4. The Morgan fingerprint density at radius 2 is 2.18 bits per heavy atom. The molecule has 1 aromatic heterocycles. The number of anilines is 1. The van der Waals surface area contributed by atoms with E-state index in [4.69, 9.17) is 16.3 Å². The number of halogens is 2. The molecule has 0 fully saturated rings. The Morgan fingerprint density at radius 1 is 1.41 bits per heavy atom. The van der Waals surface area contributed by atoms with Gasteiger partial charge in [-0.15, -0.1) is 0 Å². The first-order chi connectivity index (χ1) is 8.15. The van der Waals surface area contributed by atoms with Crippen LogP contribution in [0.3, 0.4) is 0 Å². The number of nitrogens with one attached hydrogen (secondary N) is 1. The topological polar surface area (TPSA) is 34.1 Å². The van der Waals surface area contributed by atoms with E-state index < -0.39 is 5.82 Å². The van der Waals surface area contributed by atoms with Gasteiger partial charge in [0, 0.05) is 31.3 Å². The van der Waals surface area contributed by atoms with Crippen molar-refractivity contribution in [3.8, 4) is 0 Å². The maximum Gasteiger partial charge on any atom is 0.143 e. The van der Waals surface area contributed by atoms with Gasteiger partial charge < -0.3 is 10.1 Å². The van der Waals surface area contributed by atoms with Gasteiger partial charge in [-0.05, 0) is 12.1 Å². The lowest BCUT2D eigenvalue weighted by molar-refractivity contribution is 0.182. The van der Waals surface area contributed by atoms with Gasteiger partial charge in [-0.25, -0.2) is 4.39 Å². The molecule has 0 radical (unpaired) electrons. The zero-order chi connectivity index (χ0) is 12.4. The Hall–Kier alpha value is -1.39. The fraction of sp³-hybridized carbons (Fsp3) is 0.250. The minimum Gasteiger partial charge on any atom is -0.388 e. The summed E-state index contributed by atoms with van der Waals surface area (Å²) in [5.41, 5.74) is 2.15. The molecule has 0 spiro atoms. The van der Waals surface area contributed by atoms with Gasteiger partial charge in [0.2, 0.25) is 0 Å². The molecule has 1 N–H and O–H groups in total. The lowest BCUT2D eigenvalue weighted by Crippen LogP contribution is -1.98. The maximum absolute atomic E-state index is 13.4. The molecule has 0 aliphatic heterocycles. The molecule has 0 bridgehead atoms. The number of hydrogen-bond acceptors (Lipinski definition) is 3. The standard InChI is InChI=1S/C12H12ClFN2O/c1-15-11-3-7(6-17-2)16-12-5-10(14)9(13)4-8(11)12/h3-5H,6H2,1-2H3,(H,15,16). The maximum atomic E-state index is 13.4. The first-order valence-corrected chi connectivity index (χ1v) is 5.49. The number of nitrogens with zero attached hydrogens (tertiary/aromatic N) is 1. The lowest BCUT2D eigenvalue weighted by Gasteiger charge is -2.09. The number of ether oxygens (including phenoxy) is 1. The second kappa shape index (κ2) is 4.85. The van der Waals surface area contributed by atoms with E-state index in [1.807, 2.05) is 6.07 Å². The SMILES string of the molecule is CNc1cc(COC)nc2cc(F)c(Cl)cc12. The van der Waals surface area contributed by atoms with Crippen LogP contribution in [0.1, 0.15) is 5.69 Å². The molecular formula is C12H12ClFN2O. The van der Waals surface area contributed by atoms with Crippen LogP contribution in [-0.4, -0.2) is 19.1 Å². The Morgan fingerprint density at radius 3 is 2.82 bits per heavy atom. The molecule has 90 valence electrons. The van der Waals surface area contributed by atoms with E-state index in [1.54, 1.807) is 20.2 Å². The highest BCUT2D eigenvalue weighted by molar-refractivity contribution is 6.31. The van der Waals surface area contributed by atoms with Gasteiger partial charge in [-0.3, -0.25) is 4.98 Å². The van der Waals surface area contributed by atoms with Crippen LogP contribution in [0.4, 0.5) is 10.1 Å². The van der Waals surface area contributed by atoms with Gasteiger partial charge in [-0.1, -0.05) is 11.6 Å². The largest absolute Gasteiger partial charge is 0.388 e. The number of pyridine rings is 1. The Labute approximate surface area is 104 Å². The third-order valence-electron chi connectivity index (χ3n) is 2.47. The Kier molecular flexibility index (Phi) is 3.45. The van der Waals surface area contributed by atoms with Crippen LogP contribution in [0, 0.1) is 5.82 Å². The van der Waals surface area contributed by atoms with Crippen molar-refractivity contribution in [2.75, 3.05) is 19.5 Å². The molecule has 0 saturated heterocycles. The molecular weight excluding hydrogens is 243 g/mol. The van der Waals surface area contributed by atoms with Crippen LogP contribution in [0.5, 0.6) is 0 Å². The van der Waals surface area contributed by atoms with Gasteiger partial charge in [0.05, 0.1) is 22.8 Å². The van der Waals surface area contributed by atoms with Gasteiger partial charge >= 0.3 is 0 Å². The summed E-state index contributed by atoms with van der Waals surface area (Å²) in [4.78, 5) is 4.31. The number of methoxy groups -OCH3 is 1. The molecule has 0 aliphatic rings. The second-order valence-electron chi connectivity index (χ2n) is 3.63. The fourth-order valence-corrected chi connectivity index (χ4v) is 1.87. The third kappa shape index (κ3) is 2.33. The van der Waals surface area contributed by atoms with E-state index in [1.165, 1.54) is 6.07 Å². The molecule has 1 aromatic carbocycles. The van der Waals surface area contributed by atoms with Crippen molar-refractivity contribution in [2.45, 2.75) is 6.61 Å². The number of fused-ring (bicyclic) bond motifs is 1. The van der Waals surface area contributed by atoms with Gasteiger partial charge in [-0.2, -0.15) is 0 Å². The fourth-order valence-electron chi connectivity index (χ4n) is 1.70. The summed E-state index contributed by atoms with van der Waals surface area (Å²) in [6, 6.07) is 4.76. The van der Waals surface area contributed by atoms with Crippen molar-refractivity contribution in [2.24, 2.45) is 0 Å². The van der Waals surface area contributed by atoms with E-state index in [0.29, 0.717) is 12.1 Å². The quantitative estimate of drug-likeness (QED) is 0.913. The van der Waals surface area contributed by atoms with Crippen LogP contribution in [0.2, 0.25) is 5.02 Å². The van der Waals surface area contributed by atoms with Crippen molar-refractivity contribution in [1.82, 2.24) is 4.98 Å². The minimum atomic E-state index is -0.469. The van der Waals surface area contributed by atoms with E-state index in [9.17, 15) is 4.39 Å². The molecule has 2 rings (SSSR count). The van der Waals surface area contributed by atoms with Crippen molar-refractivity contribution in [1.29, 1.82) is 0 Å². The molecule has 3 nitrogen and oxygen atoms in total. The predicted octanol–water partition coefficient (Wildman–Crippen LogP) is 3.22. The van der Waals surface area contributed by atoms with Crippen LogP contribution in [0.25, 0.3) is 10.9 Å². The monoisotopic (exact) mass is 254 g/mol. The average Bonchev–Trinajstić information content (AvgIpc) is 2.31. The van der Waals surface area contributed by atoms with Crippen LogP contribution >= 0.6 is 11.6 Å². The summed E-state index contributed by atoms with van der Waals surface area (Å²) in [5.74, 6) is -0.469. The highest BCUT2D eigenvalue weighted by atomic mass is 35.5. The molecule has 5 heteroatoms. The highest BCUT2D eigenvalue weighted by Gasteiger charge is 2.09. The summed E-state index contributed by atoms with van der Waals surface area (Å²) >= 11 is 5.76. The molecule has 17 heavy (non-hydrogen) atoms. The summed E-state index contributed by atoms with van der Waals surface area (Å²) in [6.07, 6.45) is 0. The molecule has 0 unspecified atom stereocenters. The van der Waals surface area contributed by atoms with Crippen LogP contribution < -0.4 is 5.32 Å². The first-order valence-electron chi connectivity index (χ1n) is 5.11. The van der Waals surface area contributed by atoms with E-state index in [-0.39, 0.29) is 5.02 Å². The normalized spacial score (nSPS) is 10.8. The van der Waals surface area contributed by atoms with Crippen LogP contribution in [-0.2, 0) is 11.3 Å². The number of benzene rings is 1. The molecule has 0 atom stereocenters. The molecule has 2 aromatic rings. The zero-order valence-electron chi connectivity index (χ0n) is 9.55. The number of aromatic nitrogens is 1. The van der Waals surface area contributed by atoms with Gasteiger partial charge in [0.15, 0.2) is 0 Å². The average molecular weight is 255 g/mol. The molecule has 0 aliphatic carbocycles. The van der Waals surface area contributed by atoms with Crippen molar-refractivity contribution >= 4 is 28.2 Å². The van der Waals surface area contributed by atoms with E-state index in [2.05, 4.69) is 10.3 Å². The summed E-state index contributed by atoms with van der Waals surface area (Å²) in [7, 11) is 3.38. The zero-order valence-corrected chi connectivity index (χ0v) is 10.3. The number of hydrogen-bond donors (Lipinski definition) is 1. The van der Waals surface area contributed by atoms with Crippen molar-refractivity contribution in [3.63, 3.8) is 0 Å². The van der Waals surface area contributed by atoms with E-state index >= 15 is 0 Å². The predicted molar refractivity (Wildman–Crippen MR) is 67.0 cm³/mol. The Balaban J connectivity index is 2.68. The van der Waals surface area contributed by atoms with E-state index in [0.717, 1.165) is 16.8 Å². The van der Waals surface area contributed by atoms with Gasteiger partial charge in [0.1, 0.15) is 5.82 Å². The minimum absolute atomic E-state index is 0.0929. The van der Waals surface area contributed by atoms with Crippen LogP contribution in [0.15, 0.2) is 18.2 Å². The second-order valence-corrected chi connectivity index (χ2v) is 4.03. The molecule has 1 heterocycles. The lowest BCUT2D eigenvalue weighted by atomic mass is 10.1. The number of rotatable bonds is 3. The van der Waals surface area contributed by atoms with Gasteiger partial charge in [0.25, 0.3) is 0 Å². The summed E-state index contributed by atoms with van der Waals surface area (Å²) in [5, 5.41) is 3.92. The third-order valence-corrected chi connectivity index (χ3v) is 2.75. The van der Waals surface area contributed by atoms with Crippen molar-refractivity contribution < 1.29 is 9.13 Å². The smallest absolute Gasteiger partial charge is 0.143 e. The summed E-state index contributed by atoms with van der Waals surface area (Å²) in [6.45, 7) is 0.384. The molecule has 0 amide bonds. The first kappa shape index (κ1) is 12.1.